The molecule has 3 saturated carbocycles. The molecule has 1 aromatic carbocycles. The molecular formula is C28H35NO4S. The number of para-hydroxylation sites is 1. The van der Waals surface area contributed by atoms with E-state index in [2.05, 4.69) is 13.8 Å². The van der Waals surface area contributed by atoms with Crippen molar-refractivity contribution in [2.45, 2.75) is 76.1 Å². The van der Waals surface area contributed by atoms with E-state index in [0.717, 1.165) is 50.5 Å². The fourth-order valence-electron chi connectivity index (χ4n) is 8.40. The number of carbonyl (C=O) groups excluding carboxylic acids is 2. The predicted octanol–water partition coefficient (Wildman–Crippen LogP) is 4.37. The fourth-order valence-corrected chi connectivity index (χ4v) is 10.8. The predicted molar refractivity (Wildman–Crippen MR) is 132 cm³/mol. The lowest BCUT2D eigenvalue weighted by molar-refractivity contribution is -0.122. The summed E-state index contributed by atoms with van der Waals surface area (Å²) in [5.74, 6) is 0.139. The van der Waals surface area contributed by atoms with Crippen LogP contribution in [-0.4, -0.2) is 37.7 Å². The van der Waals surface area contributed by atoms with Crippen molar-refractivity contribution in [2.75, 3.05) is 10.7 Å². The first-order chi connectivity index (χ1) is 16.3. The lowest BCUT2D eigenvalue weighted by atomic mass is 9.65. The number of imide groups is 1. The second-order valence-electron chi connectivity index (χ2n) is 11.8. The van der Waals surface area contributed by atoms with Crippen LogP contribution in [-0.2, 0) is 20.4 Å². The smallest absolute Gasteiger partial charge is 0.238 e. The maximum atomic E-state index is 14.1. The standard InChI is InChI=1S/C28H35NO4S/c1-27(2)18-12-13-28(27,23(30)15-18)34(33)16-17-14-22-24(21-11-7-6-10-20(17)21)26(32)29(25(22)31)19-8-4-3-5-9-19/h3-5,8-9,18,21-24,30H,6-7,10-16H2,1-2H3/t18-,21-,22+,23-,24-,28-,34?/m1/s1. The van der Waals surface area contributed by atoms with Gasteiger partial charge in [-0.05, 0) is 74.3 Å². The van der Waals surface area contributed by atoms with Gasteiger partial charge in [0, 0.05) is 16.6 Å². The maximum Gasteiger partial charge on any atom is 0.238 e. The van der Waals surface area contributed by atoms with Gasteiger partial charge in [-0.25, -0.2) is 0 Å². The van der Waals surface area contributed by atoms with Gasteiger partial charge >= 0.3 is 0 Å². The highest BCUT2D eigenvalue weighted by Gasteiger charge is 2.67. The normalized spacial score (nSPS) is 39.4. The Morgan fingerprint density at radius 1 is 1.06 bits per heavy atom. The van der Waals surface area contributed by atoms with E-state index in [-0.39, 0.29) is 35.0 Å². The van der Waals surface area contributed by atoms with Gasteiger partial charge < -0.3 is 5.11 Å². The number of amides is 2. The third kappa shape index (κ3) is 2.90. The van der Waals surface area contributed by atoms with Crippen molar-refractivity contribution in [3.05, 3.63) is 41.5 Å². The van der Waals surface area contributed by atoms with Crippen LogP contribution < -0.4 is 4.90 Å². The number of allylic oxidation sites excluding steroid dienone is 1. The van der Waals surface area contributed by atoms with E-state index >= 15 is 0 Å². The topological polar surface area (TPSA) is 74.7 Å². The van der Waals surface area contributed by atoms with E-state index in [0.29, 0.717) is 23.8 Å². The molecule has 0 aromatic heterocycles. The summed E-state index contributed by atoms with van der Waals surface area (Å²) in [6.07, 6.45) is 6.63. The lowest BCUT2D eigenvalue weighted by Crippen LogP contribution is -2.51. The van der Waals surface area contributed by atoms with E-state index in [1.54, 1.807) is 0 Å². The molecule has 5 aliphatic rings. The van der Waals surface area contributed by atoms with Crippen LogP contribution in [0.3, 0.4) is 0 Å². The summed E-state index contributed by atoms with van der Waals surface area (Å²) in [6.45, 7) is 4.38. The monoisotopic (exact) mass is 481 g/mol. The van der Waals surface area contributed by atoms with Crippen LogP contribution in [0.25, 0.3) is 0 Å². The molecule has 4 fully saturated rings. The van der Waals surface area contributed by atoms with Crippen molar-refractivity contribution in [1.82, 2.24) is 0 Å². The minimum Gasteiger partial charge on any atom is -0.392 e. The minimum absolute atomic E-state index is 0.0599. The third-order valence-electron chi connectivity index (χ3n) is 10.2. The first-order valence-electron chi connectivity index (χ1n) is 13.0. The Bertz CT molecular complexity index is 1090. The summed E-state index contributed by atoms with van der Waals surface area (Å²) in [6, 6.07) is 9.27. The van der Waals surface area contributed by atoms with E-state index in [9.17, 15) is 18.9 Å². The minimum atomic E-state index is -1.21. The number of hydrogen-bond donors (Lipinski definition) is 1. The van der Waals surface area contributed by atoms with Crippen molar-refractivity contribution in [3.63, 3.8) is 0 Å². The highest BCUT2D eigenvalue weighted by Crippen LogP contribution is 2.63. The van der Waals surface area contributed by atoms with Gasteiger partial charge in [0.25, 0.3) is 0 Å². The van der Waals surface area contributed by atoms with Crippen LogP contribution in [0.2, 0.25) is 0 Å². The number of rotatable bonds is 4. The van der Waals surface area contributed by atoms with Crippen LogP contribution in [0.5, 0.6) is 0 Å². The molecular weight excluding hydrogens is 446 g/mol. The first kappa shape index (κ1) is 22.7. The number of hydrogen-bond acceptors (Lipinski definition) is 4. The Morgan fingerprint density at radius 2 is 1.82 bits per heavy atom. The molecule has 1 N–H and O–H groups in total. The molecule has 182 valence electrons. The van der Waals surface area contributed by atoms with Crippen molar-refractivity contribution in [2.24, 2.45) is 29.1 Å². The van der Waals surface area contributed by atoms with Gasteiger partial charge in [-0.1, -0.05) is 49.6 Å². The molecule has 6 heteroatoms. The molecule has 2 amide bonds. The molecule has 0 spiro atoms. The van der Waals surface area contributed by atoms with Gasteiger partial charge in [0.05, 0.1) is 28.4 Å². The summed E-state index contributed by atoms with van der Waals surface area (Å²) in [5.41, 5.74) is 2.96. The zero-order valence-corrected chi connectivity index (χ0v) is 21.0. The Labute approximate surface area is 204 Å². The summed E-state index contributed by atoms with van der Waals surface area (Å²) in [5, 5.41) is 11.0. The summed E-state index contributed by atoms with van der Waals surface area (Å²) in [4.78, 5) is 28.5. The molecule has 34 heavy (non-hydrogen) atoms. The molecule has 2 bridgehead atoms. The highest BCUT2D eigenvalue weighted by atomic mass is 32.2. The SMILES string of the molecule is CC1(C)[C@@H]2CC[C@@]1(S(=O)CC1=C3CCCC[C@H]3[C@H]3C(=O)N(c4ccccc4)C(=O)[C@H]3C1)[C@H](O)C2. The molecule has 1 heterocycles. The summed E-state index contributed by atoms with van der Waals surface area (Å²) in [7, 11) is -1.21. The summed E-state index contributed by atoms with van der Waals surface area (Å²) >= 11 is 0. The average molecular weight is 482 g/mol. The Hall–Kier alpha value is -1.79. The van der Waals surface area contributed by atoms with Crippen molar-refractivity contribution >= 4 is 28.3 Å². The van der Waals surface area contributed by atoms with Gasteiger partial charge in [0.2, 0.25) is 11.8 Å². The number of fused-ring (bicyclic) bond motifs is 5. The zero-order chi connectivity index (χ0) is 23.8. The van der Waals surface area contributed by atoms with Gasteiger partial charge in [-0.2, -0.15) is 0 Å². The van der Waals surface area contributed by atoms with E-state index < -0.39 is 21.7 Å². The van der Waals surface area contributed by atoms with Gasteiger partial charge in [-0.3, -0.25) is 18.7 Å². The molecule has 1 aromatic rings. The van der Waals surface area contributed by atoms with E-state index in [4.69, 9.17) is 0 Å². The van der Waals surface area contributed by atoms with Crippen LogP contribution in [0.4, 0.5) is 5.69 Å². The van der Waals surface area contributed by atoms with Crippen LogP contribution in [0.15, 0.2) is 41.5 Å². The van der Waals surface area contributed by atoms with Crippen LogP contribution in [0, 0.1) is 29.1 Å². The average Bonchev–Trinajstić information content (AvgIpc) is 3.32. The Morgan fingerprint density at radius 3 is 2.50 bits per heavy atom. The number of anilines is 1. The molecule has 1 aliphatic heterocycles. The number of aliphatic hydroxyl groups excluding tert-OH is 1. The molecule has 4 aliphatic carbocycles. The second-order valence-corrected chi connectivity index (χ2v) is 13.5. The van der Waals surface area contributed by atoms with E-state index in [1.807, 2.05) is 30.3 Å². The molecule has 0 radical (unpaired) electrons. The van der Waals surface area contributed by atoms with E-state index in [1.165, 1.54) is 10.5 Å². The van der Waals surface area contributed by atoms with Crippen molar-refractivity contribution < 1.29 is 18.9 Å². The van der Waals surface area contributed by atoms with Crippen LogP contribution >= 0.6 is 0 Å². The Kier molecular flexibility index (Phi) is 5.24. The van der Waals surface area contributed by atoms with Gasteiger partial charge in [0.1, 0.15) is 0 Å². The first-order valence-corrected chi connectivity index (χ1v) is 14.3. The van der Waals surface area contributed by atoms with Crippen LogP contribution in [0.1, 0.15) is 65.2 Å². The molecule has 1 saturated heterocycles. The number of carbonyl (C=O) groups is 2. The lowest BCUT2D eigenvalue weighted by Gasteiger charge is -2.42. The molecule has 7 atom stereocenters. The van der Waals surface area contributed by atoms with Gasteiger partial charge in [-0.15, -0.1) is 0 Å². The van der Waals surface area contributed by atoms with Crippen molar-refractivity contribution in [3.8, 4) is 0 Å². The van der Waals surface area contributed by atoms with Crippen molar-refractivity contribution in [1.29, 1.82) is 0 Å². The number of nitrogens with zero attached hydrogens (tertiary/aromatic N) is 1. The third-order valence-corrected chi connectivity index (χ3v) is 12.7. The second kappa shape index (κ2) is 7.86. The maximum absolute atomic E-state index is 14.1. The molecule has 6 rings (SSSR count). The molecule has 5 nitrogen and oxygen atoms in total. The quantitative estimate of drug-likeness (QED) is 0.512. The van der Waals surface area contributed by atoms with Gasteiger partial charge in [0.15, 0.2) is 0 Å². The molecule has 1 unspecified atom stereocenters. The zero-order valence-electron chi connectivity index (χ0n) is 20.2. The number of benzene rings is 1. The fraction of sp³-hybridized carbons (Fsp3) is 0.643. The largest absolute Gasteiger partial charge is 0.392 e. The number of aliphatic hydroxyl groups is 1. The summed E-state index contributed by atoms with van der Waals surface area (Å²) < 4.78 is 13.5. The Balaban J connectivity index is 1.34. The highest BCUT2D eigenvalue weighted by molar-refractivity contribution is 7.86.